The lowest BCUT2D eigenvalue weighted by atomic mass is 10.0. The molecule has 13 heavy (non-hydrogen) atoms. The molecule has 3 nitrogen and oxygen atoms in total. The maximum Gasteiger partial charge on any atom is 0.115 e. The molecule has 0 aliphatic heterocycles. The van der Waals surface area contributed by atoms with Gasteiger partial charge in [0.1, 0.15) is 6.33 Å². The molecule has 0 saturated heterocycles. The van der Waals surface area contributed by atoms with E-state index in [-0.39, 0.29) is 11.5 Å². The minimum Gasteiger partial charge on any atom is -0.327 e. The van der Waals surface area contributed by atoms with E-state index in [1.165, 1.54) is 5.56 Å². The normalized spacial score (nSPS) is 30.2. The third-order valence-corrected chi connectivity index (χ3v) is 3.20. The van der Waals surface area contributed by atoms with Crippen LogP contribution in [0.1, 0.15) is 31.0 Å². The maximum absolute atomic E-state index is 5.99. The Bertz CT molecular complexity index is 333. The minimum absolute atomic E-state index is 0.218. The summed E-state index contributed by atoms with van der Waals surface area (Å²) in [6, 6.07) is 0.261. The molecular formula is C10H15N3. The van der Waals surface area contributed by atoms with Crippen LogP contribution in [-0.2, 0) is 0 Å². The molecule has 1 aliphatic rings. The molecule has 1 aliphatic carbocycles. The maximum atomic E-state index is 5.99. The van der Waals surface area contributed by atoms with Crippen LogP contribution in [0.2, 0.25) is 0 Å². The van der Waals surface area contributed by atoms with Crippen LogP contribution >= 0.6 is 0 Å². The van der Waals surface area contributed by atoms with Gasteiger partial charge in [0.05, 0.1) is 0 Å². The molecule has 1 saturated carbocycles. The van der Waals surface area contributed by atoms with Crippen molar-refractivity contribution in [1.29, 1.82) is 0 Å². The lowest BCUT2D eigenvalue weighted by Gasteiger charge is -2.04. The first kappa shape index (κ1) is 8.63. The average Bonchev–Trinajstić information content (AvgIpc) is 2.54. The van der Waals surface area contributed by atoms with Crippen molar-refractivity contribution in [3.63, 3.8) is 0 Å². The summed E-state index contributed by atoms with van der Waals surface area (Å²) >= 11 is 0. The Kier molecular flexibility index (Phi) is 1.67. The molecule has 0 unspecified atom stereocenters. The molecular weight excluding hydrogens is 162 g/mol. The predicted molar refractivity (Wildman–Crippen MR) is 51.3 cm³/mol. The highest BCUT2D eigenvalue weighted by atomic mass is 14.9. The summed E-state index contributed by atoms with van der Waals surface area (Å²) < 4.78 is 0. The Labute approximate surface area is 78.4 Å². The van der Waals surface area contributed by atoms with Crippen molar-refractivity contribution in [3.8, 4) is 0 Å². The van der Waals surface area contributed by atoms with Crippen LogP contribution in [0.5, 0.6) is 0 Å². The van der Waals surface area contributed by atoms with Crippen molar-refractivity contribution in [1.82, 2.24) is 9.97 Å². The Balaban J connectivity index is 2.34. The molecule has 1 heterocycles. The third-order valence-electron chi connectivity index (χ3n) is 3.20. The molecule has 3 heteroatoms. The number of hydrogen-bond acceptors (Lipinski definition) is 3. The second-order valence-corrected chi connectivity index (χ2v) is 4.39. The van der Waals surface area contributed by atoms with Crippen LogP contribution in [0.4, 0.5) is 0 Å². The van der Waals surface area contributed by atoms with Crippen LogP contribution in [0.3, 0.4) is 0 Å². The number of nitrogens with two attached hydrogens (primary N) is 1. The van der Waals surface area contributed by atoms with Crippen molar-refractivity contribution in [2.45, 2.75) is 32.7 Å². The smallest absolute Gasteiger partial charge is 0.115 e. The third kappa shape index (κ3) is 1.15. The van der Waals surface area contributed by atoms with Gasteiger partial charge in [-0.3, -0.25) is 0 Å². The quantitative estimate of drug-likeness (QED) is 0.702. The van der Waals surface area contributed by atoms with E-state index in [1.807, 2.05) is 13.1 Å². The van der Waals surface area contributed by atoms with Gasteiger partial charge in [0.2, 0.25) is 0 Å². The van der Waals surface area contributed by atoms with Crippen LogP contribution in [0, 0.1) is 12.3 Å². The highest BCUT2D eigenvalue weighted by Gasteiger charge is 2.56. The molecule has 2 atom stereocenters. The molecule has 70 valence electrons. The lowest BCUT2D eigenvalue weighted by molar-refractivity contribution is 0.597. The standard InChI is InChI=1S/C10H15N3/c1-6-7(4-12-5-13-6)8-9(11)10(8,2)3/h4-5,8-9H,11H2,1-3H3/t8-,9-/m1/s1. The van der Waals surface area contributed by atoms with E-state index in [4.69, 9.17) is 5.73 Å². The van der Waals surface area contributed by atoms with Crippen molar-refractivity contribution >= 4 is 0 Å². The van der Waals surface area contributed by atoms with Crippen molar-refractivity contribution in [2.24, 2.45) is 11.1 Å². The molecule has 2 N–H and O–H groups in total. The summed E-state index contributed by atoms with van der Waals surface area (Å²) in [7, 11) is 0. The van der Waals surface area contributed by atoms with Crippen LogP contribution in [-0.4, -0.2) is 16.0 Å². The van der Waals surface area contributed by atoms with Gasteiger partial charge in [0.15, 0.2) is 0 Å². The highest BCUT2D eigenvalue weighted by molar-refractivity contribution is 5.34. The monoisotopic (exact) mass is 177 g/mol. The molecule has 0 bridgehead atoms. The Morgan fingerprint density at radius 2 is 2.08 bits per heavy atom. The Morgan fingerprint density at radius 3 is 2.54 bits per heavy atom. The zero-order valence-corrected chi connectivity index (χ0v) is 8.28. The fraction of sp³-hybridized carbons (Fsp3) is 0.600. The molecule has 2 rings (SSSR count). The molecule has 1 aromatic rings. The van der Waals surface area contributed by atoms with Gasteiger partial charge in [-0.25, -0.2) is 9.97 Å². The molecule has 0 radical (unpaired) electrons. The van der Waals surface area contributed by atoms with Gasteiger partial charge in [-0.2, -0.15) is 0 Å². The average molecular weight is 177 g/mol. The molecule has 1 fully saturated rings. The van der Waals surface area contributed by atoms with Crippen LogP contribution in [0.15, 0.2) is 12.5 Å². The van der Waals surface area contributed by atoms with Gasteiger partial charge in [-0.05, 0) is 17.9 Å². The van der Waals surface area contributed by atoms with Gasteiger partial charge < -0.3 is 5.73 Å². The van der Waals surface area contributed by atoms with Gasteiger partial charge in [0, 0.05) is 23.9 Å². The summed E-state index contributed by atoms with van der Waals surface area (Å²) in [6.45, 7) is 6.39. The number of rotatable bonds is 1. The van der Waals surface area contributed by atoms with Gasteiger partial charge in [-0.15, -0.1) is 0 Å². The SMILES string of the molecule is Cc1ncncc1[C@@H]1[C@@H](N)C1(C)C. The summed E-state index contributed by atoms with van der Waals surface area (Å²) in [5.41, 5.74) is 8.47. The van der Waals surface area contributed by atoms with Crippen LogP contribution < -0.4 is 5.73 Å². The van der Waals surface area contributed by atoms with Crippen molar-refractivity contribution < 1.29 is 0 Å². The minimum atomic E-state index is 0.218. The topological polar surface area (TPSA) is 51.8 Å². The van der Waals surface area contributed by atoms with E-state index in [0.29, 0.717) is 5.92 Å². The number of aryl methyl sites for hydroxylation is 1. The highest BCUT2D eigenvalue weighted by Crippen LogP contribution is 2.57. The Morgan fingerprint density at radius 1 is 1.46 bits per heavy atom. The summed E-state index contributed by atoms with van der Waals surface area (Å²) in [5, 5.41) is 0. The fourth-order valence-electron chi connectivity index (χ4n) is 1.98. The largest absolute Gasteiger partial charge is 0.327 e. The zero-order chi connectivity index (χ0) is 9.64. The van der Waals surface area contributed by atoms with E-state index >= 15 is 0 Å². The first-order chi connectivity index (χ1) is 6.05. The van der Waals surface area contributed by atoms with Gasteiger partial charge in [-0.1, -0.05) is 13.8 Å². The first-order valence-corrected chi connectivity index (χ1v) is 4.57. The molecule has 1 aromatic heterocycles. The van der Waals surface area contributed by atoms with Gasteiger partial charge in [0.25, 0.3) is 0 Å². The zero-order valence-electron chi connectivity index (χ0n) is 8.28. The van der Waals surface area contributed by atoms with Crippen molar-refractivity contribution in [3.05, 3.63) is 23.8 Å². The van der Waals surface area contributed by atoms with Crippen molar-refractivity contribution in [2.75, 3.05) is 0 Å². The Hall–Kier alpha value is -0.960. The number of nitrogens with zero attached hydrogens (tertiary/aromatic N) is 2. The summed E-state index contributed by atoms with van der Waals surface area (Å²) in [4.78, 5) is 8.21. The van der Waals surface area contributed by atoms with E-state index in [9.17, 15) is 0 Å². The fourth-order valence-corrected chi connectivity index (χ4v) is 1.98. The van der Waals surface area contributed by atoms with E-state index in [0.717, 1.165) is 5.69 Å². The first-order valence-electron chi connectivity index (χ1n) is 4.57. The van der Waals surface area contributed by atoms with E-state index in [2.05, 4.69) is 23.8 Å². The number of hydrogen-bond donors (Lipinski definition) is 1. The summed E-state index contributed by atoms with van der Waals surface area (Å²) in [5.74, 6) is 0.439. The molecule has 0 spiro atoms. The second kappa shape index (κ2) is 2.51. The van der Waals surface area contributed by atoms with Crippen LogP contribution in [0.25, 0.3) is 0 Å². The second-order valence-electron chi connectivity index (χ2n) is 4.39. The molecule has 0 amide bonds. The number of aromatic nitrogens is 2. The van der Waals surface area contributed by atoms with E-state index in [1.54, 1.807) is 6.33 Å². The molecule has 0 aromatic carbocycles. The lowest BCUT2D eigenvalue weighted by Crippen LogP contribution is -2.06. The summed E-state index contributed by atoms with van der Waals surface area (Å²) in [6.07, 6.45) is 3.47. The van der Waals surface area contributed by atoms with E-state index < -0.39 is 0 Å². The predicted octanol–water partition coefficient (Wildman–Crippen LogP) is 1.24. The van der Waals surface area contributed by atoms with Gasteiger partial charge >= 0.3 is 0 Å².